The number of aliphatic hydroxyl groups is 1. The van der Waals surface area contributed by atoms with E-state index in [0.29, 0.717) is 17.9 Å². The van der Waals surface area contributed by atoms with Crippen molar-refractivity contribution < 1.29 is 22.8 Å². The number of alkyl halides is 3. The number of aromatic nitrogens is 1. The molecule has 1 aromatic carbocycles. The number of aryl methyl sites for hydroxylation is 2. The minimum Gasteiger partial charge on any atom is -0.391 e. The Morgan fingerprint density at radius 3 is 2.30 bits per heavy atom. The molecule has 1 aromatic heterocycles. The average Bonchev–Trinajstić information content (AvgIpc) is 2.77. The maximum Gasteiger partial charge on any atom is 0.416 e. The number of anilines is 1. The second-order valence-electron chi connectivity index (χ2n) is 5.61. The fraction of sp³-hybridized carbons (Fsp3) is 0.438. The van der Waals surface area contributed by atoms with E-state index in [2.05, 4.69) is 5.16 Å². The number of hydrogen-bond donors (Lipinski definition) is 1. The van der Waals surface area contributed by atoms with Crippen molar-refractivity contribution in [1.82, 2.24) is 5.16 Å². The minimum absolute atomic E-state index is 0.270. The van der Waals surface area contributed by atoms with Crippen LogP contribution in [-0.4, -0.2) is 30.0 Å². The first-order valence-electron chi connectivity index (χ1n) is 7.16. The van der Waals surface area contributed by atoms with Crippen LogP contribution in [0.4, 0.5) is 18.9 Å². The predicted octanol–water partition coefficient (Wildman–Crippen LogP) is 3.35. The van der Waals surface area contributed by atoms with E-state index in [1.54, 1.807) is 6.92 Å². The monoisotopic (exact) mass is 328 g/mol. The van der Waals surface area contributed by atoms with Gasteiger partial charge < -0.3 is 14.5 Å². The van der Waals surface area contributed by atoms with Gasteiger partial charge in [-0.25, -0.2) is 0 Å². The number of likely N-dealkylation sites (N-methyl/N-ethyl adjacent to an activating group) is 1. The lowest BCUT2D eigenvalue weighted by atomic mass is 10.1. The quantitative estimate of drug-likeness (QED) is 0.914. The molecule has 1 atom stereocenters. The molecule has 0 saturated heterocycles. The fourth-order valence-corrected chi connectivity index (χ4v) is 2.60. The highest BCUT2D eigenvalue weighted by atomic mass is 19.4. The van der Waals surface area contributed by atoms with Gasteiger partial charge in [-0.15, -0.1) is 0 Å². The molecule has 4 nitrogen and oxygen atoms in total. The molecule has 23 heavy (non-hydrogen) atoms. The van der Waals surface area contributed by atoms with Crippen LogP contribution in [0.3, 0.4) is 0 Å². The highest BCUT2D eigenvalue weighted by Crippen LogP contribution is 2.29. The summed E-state index contributed by atoms with van der Waals surface area (Å²) in [5.74, 6) is 0.659. The largest absolute Gasteiger partial charge is 0.416 e. The van der Waals surface area contributed by atoms with Gasteiger partial charge in [0.1, 0.15) is 11.4 Å². The summed E-state index contributed by atoms with van der Waals surface area (Å²) in [7, 11) is 1.81. The molecule has 0 fully saturated rings. The SMILES string of the molecule is Cc1noc(C)c1N(C)CC(O)Cc1ccc(C(F)(F)F)cc1. The topological polar surface area (TPSA) is 49.5 Å². The van der Waals surface area contributed by atoms with E-state index >= 15 is 0 Å². The molecule has 2 rings (SSSR count). The van der Waals surface area contributed by atoms with Gasteiger partial charge in [-0.1, -0.05) is 17.3 Å². The van der Waals surface area contributed by atoms with Crippen LogP contribution in [0.2, 0.25) is 0 Å². The second kappa shape index (κ2) is 6.62. The molecule has 1 N–H and O–H groups in total. The Kier molecular flexibility index (Phi) is 4.99. The minimum atomic E-state index is -4.35. The molecule has 0 spiro atoms. The molecule has 0 amide bonds. The second-order valence-corrected chi connectivity index (χ2v) is 5.61. The van der Waals surface area contributed by atoms with Gasteiger partial charge in [-0.3, -0.25) is 0 Å². The van der Waals surface area contributed by atoms with Crippen molar-refractivity contribution in [2.45, 2.75) is 32.5 Å². The van der Waals surface area contributed by atoms with Gasteiger partial charge in [-0.2, -0.15) is 13.2 Å². The number of halogens is 3. The highest BCUT2D eigenvalue weighted by molar-refractivity contribution is 5.52. The van der Waals surface area contributed by atoms with Gasteiger partial charge in [0, 0.05) is 20.0 Å². The third kappa shape index (κ3) is 4.25. The third-order valence-corrected chi connectivity index (χ3v) is 3.61. The molecule has 0 aliphatic carbocycles. The van der Waals surface area contributed by atoms with Crippen molar-refractivity contribution in [2.75, 3.05) is 18.5 Å². The lowest BCUT2D eigenvalue weighted by molar-refractivity contribution is -0.137. The Morgan fingerprint density at radius 2 is 1.83 bits per heavy atom. The van der Waals surface area contributed by atoms with Gasteiger partial charge in [0.2, 0.25) is 0 Å². The number of aliphatic hydroxyl groups excluding tert-OH is 1. The van der Waals surface area contributed by atoms with Gasteiger partial charge in [0.05, 0.1) is 11.7 Å². The molecule has 0 bridgehead atoms. The van der Waals surface area contributed by atoms with Crippen LogP contribution >= 0.6 is 0 Å². The molecular weight excluding hydrogens is 309 g/mol. The number of rotatable bonds is 5. The first-order valence-corrected chi connectivity index (χ1v) is 7.16. The Morgan fingerprint density at radius 1 is 1.22 bits per heavy atom. The molecule has 7 heteroatoms. The molecule has 2 aromatic rings. The molecule has 0 aliphatic rings. The molecule has 1 unspecified atom stereocenters. The molecule has 1 heterocycles. The van der Waals surface area contributed by atoms with Crippen molar-refractivity contribution in [1.29, 1.82) is 0 Å². The van der Waals surface area contributed by atoms with E-state index in [1.807, 2.05) is 18.9 Å². The van der Waals surface area contributed by atoms with Crippen LogP contribution in [0, 0.1) is 13.8 Å². The molecule has 126 valence electrons. The lowest BCUT2D eigenvalue weighted by Gasteiger charge is -2.22. The summed E-state index contributed by atoms with van der Waals surface area (Å²) in [6.07, 6.45) is -4.79. The van der Waals surface area contributed by atoms with Crippen LogP contribution in [-0.2, 0) is 12.6 Å². The summed E-state index contributed by atoms with van der Waals surface area (Å²) < 4.78 is 42.6. The van der Waals surface area contributed by atoms with E-state index in [9.17, 15) is 18.3 Å². The van der Waals surface area contributed by atoms with Crippen LogP contribution in [0.25, 0.3) is 0 Å². The Labute approximate surface area is 132 Å². The van der Waals surface area contributed by atoms with Gasteiger partial charge >= 0.3 is 6.18 Å². The summed E-state index contributed by atoms with van der Waals surface area (Å²) in [5, 5.41) is 14.0. The Balaban J connectivity index is 1.98. The van der Waals surface area contributed by atoms with E-state index in [1.165, 1.54) is 12.1 Å². The van der Waals surface area contributed by atoms with E-state index < -0.39 is 17.8 Å². The van der Waals surface area contributed by atoms with Crippen molar-refractivity contribution >= 4 is 5.69 Å². The third-order valence-electron chi connectivity index (χ3n) is 3.61. The molecule has 0 saturated carbocycles. The highest BCUT2D eigenvalue weighted by Gasteiger charge is 2.30. The zero-order valence-corrected chi connectivity index (χ0v) is 13.2. The standard InChI is InChI=1S/C16H19F3N2O2/c1-10-15(11(2)23-20-10)21(3)9-14(22)8-12-4-6-13(7-5-12)16(17,18)19/h4-7,14,22H,8-9H2,1-3H3. The van der Waals surface area contributed by atoms with Crippen molar-refractivity contribution in [3.8, 4) is 0 Å². The van der Waals surface area contributed by atoms with Crippen LogP contribution in [0.15, 0.2) is 28.8 Å². The van der Waals surface area contributed by atoms with Gasteiger partial charge in [-0.05, 0) is 31.5 Å². The zero-order valence-electron chi connectivity index (χ0n) is 13.2. The first kappa shape index (κ1) is 17.3. The first-order chi connectivity index (χ1) is 10.7. The Bertz CT molecular complexity index is 631. The summed E-state index contributed by atoms with van der Waals surface area (Å²) in [6.45, 7) is 3.92. The summed E-state index contributed by atoms with van der Waals surface area (Å²) in [5.41, 5.74) is 1.50. The maximum absolute atomic E-state index is 12.5. The van der Waals surface area contributed by atoms with Gasteiger partial charge in [0.25, 0.3) is 0 Å². The van der Waals surface area contributed by atoms with Crippen LogP contribution in [0.5, 0.6) is 0 Å². The Hall–Kier alpha value is -2.02. The van der Waals surface area contributed by atoms with Crippen molar-refractivity contribution in [3.63, 3.8) is 0 Å². The fourth-order valence-electron chi connectivity index (χ4n) is 2.60. The summed E-state index contributed by atoms with van der Waals surface area (Å²) >= 11 is 0. The van der Waals surface area contributed by atoms with Gasteiger partial charge in [0.15, 0.2) is 5.76 Å². The smallest absolute Gasteiger partial charge is 0.391 e. The zero-order chi connectivity index (χ0) is 17.2. The number of benzene rings is 1. The summed E-state index contributed by atoms with van der Waals surface area (Å²) in [4.78, 5) is 1.83. The molecular formula is C16H19F3N2O2. The number of hydrogen-bond acceptors (Lipinski definition) is 4. The summed E-state index contributed by atoms with van der Waals surface area (Å²) in [6, 6.07) is 4.84. The average molecular weight is 328 g/mol. The van der Waals surface area contributed by atoms with E-state index in [-0.39, 0.29) is 6.42 Å². The van der Waals surface area contributed by atoms with Crippen molar-refractivity contribution in [2.24, 2.45) is 0 Å². The normalized spacial score (nSPS) is 13.2. The van der Waals surface area contributed by atoms with Crippen LogP contribution in [0.1, 0.15) is 22.6 Å². The number of nitrogens with zero attached hydrogens (tertiary/aromatic N) is 2. The van der Waals surface area contributed by atoms with E-state index in [4.69, 9.17) is 4.52 Å². The molecule has 0 radical (unpaired) electrons. The molecule has 0 aliphatic heterocycles. The lowest BCUT2D eigenvalue weighted by Crippen LogP contribution is -2.31. The van der Waals surface area contributed by atoms with Crippen molar-refractivity contribution in [3.05, 3.63) is 46.8 Å². The van der Waals surface area contributed by atoms with Crippen LogP contribution < -0.4 is 4.90 Å². The maximum atomic E-state index is 12.5. The predicted molar refractivity (Wildman–Crippen MR) is 80.4 cm³/mol. The van der Waals surface area contributed by atoms with E-state index in [0.717, 1.165) is 23.5 Å².